The number of aryl methyl sites for hydroxylation is 1. The van der Waals surface area contributed by atoms with Crippen LogP contribution in [0, 0.1) is 17.8 Å². The summed E-state index contributed by atoms with van der Waals surface area (Å²) in [5, 5.41) is 29.5. The van der Waals surface area contributed by atoms with E-state index in [0.717, 1.165) is 10.6 Å². The Kier molecular flexibility index (Phi) is 19.9. The van der Waals surface area contributed by atoms with Crippen molar-refractivity contribution in [2.24, 2.45) is 17.8 Å². The number of carbonyl (C=O) groups is 8. The minimum absolute atomic E-state index is 0.0172. The van der Waals surface area contributed by atoms with Crippen molar-refractivity contribution in [3.8, 4) is 0 Å². The molecule has 0 saturated carbocycles. The fourth-order valence-electron chi connectivity index (χ4n) is 5.59. The van der Waals surface area contributed by atoms with Crippen LogP contribution in [0.1, 0.15) is 79.2 Å². The Morgan fingerprint density at radius 1 is 0.722 bits per heavy atom. The molecule has 1 aromatic carbocycles. The van der Waals surface area contributed by atoms with Gasteiger partial charge in [0.05, 0.1) is 20.0 Å². The van der Waals surface area contributed by atoms with Crippen LogP contribution in [0.15, 0.2) is 30.3 Å². The Hall–Kier alpha value is -5.06. The van der Waals surface area contributed by atoms with E-state index in [4.69, 9.17) is 4.84 Å². The number of amides is 6. The molecule has 0 saturated heterocycles. The van der Waals surface area contributed by atoms with E-state index in [0.29, 0.717) is 12.8 Å². The summed E-state index contributed by atoms with van der Waals surface area (Å²) < 4.78 is 0. The molecule has 0 spiro atoms. The van der Waals surface area contributed by atoms with Crippen LogP contribution in [-0.2, 0) is 49.6 Å². The van der Waals surface area contributed by atoms with Crippen molar-refractivity contribution >= 4 is 47.4 Å². The Bertz CT molecular complexity index is 1450. The van der Waals surface area contributed by atoms with Crippen molar-refractivity contribution in [3.63, 3.8) is 0 Å². The SMILES string of the molecule is CC[C@H](C)[C@H](NC(=O)[C@H](C(C)C)N(C)C(=O)CCc1ccccc1)C(=O)NC(CC(=O)N(C)OC)C(=O)N[C@@H](CC(=O)O)C(=O)N[C@@H](CC(C)C)C(=O)O. The number of carbonyl (C=O) groups excluding carboxylic acids is 6. The summed E-state index contributed by atoms with van der Waals surface area (Å²) in [5.74, 6) is -8.67. The van der Waals surface area contributed by atoms with Gasteiger partial charge in [-0.1, -0.05) is 78.3 Å². The van der Waals surface area contributed by atoms with E-state index < -0.39 is 90.4 Å². The van der Waals surface area contributed by atoms with E-state index in [1.807, 2.05) is 30.3 Å². The molecule has 0 radical (unpaired) electrons. The number of hydrogen-bond acceptors (Lipinski definition) is 9. The summed E-state index contributed by atoms with van der Waals surface area (Å²) in [6, 6.07) is 2.29. The minimum atomic E-state index is -1.79. The molecule has 1 unspecified atom stereocenters. The first-order valence-corrected chi connectivity index (χ1v) is 18.0. The van der Waals surface area contributed by atoms with Crippen molar-refractivity contribution in [3.05, 3.63) is 35.9 Å². The number of benzene rings is 1. The van der Waals surface area contributed by atoms with Crippen LogP contribution in [0.2, 0.25) is 0 Å². The van der Waals surface area contributed by atoms with Crippen LogP contribution in [0.25, 0.3) is 0 Å². The van der Waals surface area contributed by atoms with E-state index in [2.05, 4.69) is 21.3 Å². The lowest BCUT2D eigenvalue weighted by Crippen LogP contribution is -2.61. The van der Waals surface area contributed by atoms with Crippen molar-refractivity contribution in [1.29, 1.82) is 0 Å². The smallest absolute Gasteiger partial charge is 0.326 e. The fraction of sp³-hybridized carbons (Fsp3) is 0.622. The van der Waals surface area contributed by atoms with Crippen molar-refractivity contribution in [2.75, 3.05) is 21.2 Å². The highest BCUT2D eigenvalue weighted by atomic mass is 16.7. The zero-order valence-corrected chi connectivity index (χ0v) is 32.7. The van der Waals surface area contributed by atoms with Gasteiger partial charge in [0.2, 0.25) is 35.4 Å². The molecule has 6 N–H and O–H groups in total. The molecule has 54 heavy (non-hydrogen) atoms. The molecule has 17 heteroatoms. The summed E-state index contributed by atoms with van der Waals surface area (Å²) in [7, 11) is 3.96. The second kappa shape index (κ2) is 22.9. The van der Waals surface area contributed by atoms with Gasteiger partial charge in [0.15, 0.2) is 0 Å². The zero-order valence-electron chi connectivity index (χ0n) is 32.7. The molecular weight excluding hydrogens is 704 g/mol. The molecule has 6 atom stereocenters. The average Bonchev–Trinajstić information content (AvgIpc) is 3.10. The third kappa shape index (κ3) is 15.5. The van der Waals surface area contributed by atoms with Crippen LogP contribution in [0.4, 0.5) is 0 Å². The summed E-state index contributed by atoms with van der Waals surface area (Å²) >= 11 is 0. The van der Waals surface area contributed by atoms with Gasteiger partial charge in [0.1, 0.15) is 30.2 Å². The van der Waals surface area contributed by atoms with Crippen LogP contribution in [0.3, 0.4) is 0 Å². The number of hydrogen-bond donors (Lipinski definition) is 6. The van der Waals surface area contributed by atoms with E-state index in [9.17, 15) is 48.6 Å². The predicted molar refractivity (Wildman–Crippen MR) is 197 cm³/mol. The molecule has 0 bridgehead atoms. The molecule has 17 nitrogen and oxygen atoms in total. The zero-order chi connectivity index (χ0) is 41.3. The van der Waals surface area contributed by atoms with Gasteiger partial charge in [-0.3, -0.25) is 38.4 Å². The molecule has 1 rings (SSSR count). The first kappa shape index (κ1) is 47.0. The number of carboxylic acid groups (broad SMARTS) is 2. The third-order valence-electron chi connectivity index (χ3n) is 8.94. The van der Waals surface area contributed by atoms with Crippen molar-refractivity contribution in [1.82, 2.24) is 31.2 Å². The summed E-state index contributed by atoms with van der Waals surface area (Å²) in [6.07, 6.45) is -0.643. The second-order valence-electron chi connectivity index (χ2n) is 14.1. The normalized spacial score (nSPS) is 14.4. The maximum absolute atomic E-state index is 13.9. The van der Waals surface area contributed by atoms with Gasteiger partial charge in [-0.2, -0.15) is 0 Å². The minimum Gasteiger partial charge on any atom is -0.481 e. The second-order valence-corrected chi connectivity index (χ2v) is 14.1. The van der Waals surface area contributed by atoms with Gasteiger partial charge in [0, 0.05) is 20.5 Å². The van der Waals surface area contributed by atoms with Crippen LogP contribution < -0.4 is 21.3 Å². The molecule has 302 valence electrons. The molecule has 0 fully saturated rings. The Balaban J connectivity index is 3.36. The lowest BCUT2D eigenvalue weighted by Gasteiger charge is -2.33. The summed E-state index contributed by atoms with van der Waals surface area (Å²) in [4.78, 5) is 110. The third-order valence-corrected chi connectivity index (χ3v) is 8.94. The molecule has 0 aromatic heterocycles. The number of carboxylic acids is 2. The van der Waals surface area contributed by atoms with E-state index in [1.54, 1.807) is 41.5 Å². The van der Waals surface area contributed by atoms with Crippen molar-refractivity contribution in [2.45, 2.75) is 110 Å². The molecule has 6 amide bonds. The molecule has 1 aromatic rings. The fourth-order valence-corrected chi connectivity index (χ4v) is 5.59. The van der Waals surface area contributed by atoms with Crippen molar-refractivity contribution < 1.29 is 53.4 Å². The molecule has 0 heterocycles. The maximum atomic E-state index is 13.9. The number of nitrogens with one attached hydrogen (secondary N) is 4. The predicted octanol–water partition coefficient (Wildman–Crippen LogP) is 1.10. The lowest BCUT2D eigenvalue weighted by atomic mass is 9.95. The number of hydroxylamine groups is 2. The van der Waals surface area contributed by atoms with Gasteiger partial charge in [-0.25, -0.2) is 9.86 Å². The van der Waals surface area contributed by atoms with Gasteiger partial charge in [-0.05, 0) is 36.2 Å². The summed E-state index contributed by atoms with van der Waals surface area (Å²) in [5.41, 5.74) is 0.956. The first-order valence-electron chi connectivity index (χ1n) is 18.0. The van der Waals surface area contributed by atoms with Crippen LogP contribution in [-0.4, -0.2) is 119 Å². The maximum Gasteiger partial charge on any atom is 0.326 e. The molecule has 0 aliphatic rings. The summed E-state index contributed by atoms with van der Waals surface area (Å²) in [6.45, 7) is 10.4. The molecule has 0 aliphatic carbocycles. The number of aliphatic carboxylic acids is 2. The first-order chi connectivity index (χ1) is 25.2. The van der Waals surface area contributed by atoms with Gasteiger partial charge < -0.3 is 36.4 Å². The van der Waals surface area contributed by atoms with E-state index in [-0.39, 0.29) is 30.6 Å². The Labute approximate surface area is 316 Å². The highest BCUT2D eigenvalue weighted by Crippen LogP contribution is 2.16. The quantitative estimate of drug-likeness (QED) is 0.0863. The Morgan fingerprint density at radius 2 is 1.26 bits per heavy atom. The highest BCUT2D eigenvalue weighted by Gasteiger charge is 2.37. The monoisotopic (exact) mass is 762 g/mol. The average molecular weight is 763 g/mol. The topological polar surface area (TPSA) is 241 Å². The number of nitrogens with zero attached hydrogens (tertiary/aromatic N) is 2. The van der Waals surface area contributed by atoms with E-state index in [1.165, 1.54) is 26.1 Å². The van der Waals surface area contributed by atoms with Gasteiger partial charge in [-0.15, -0.1) is 0 Å². The van der Waals surface area contributed by atoms with Crippen LogP contribution >= 0.6 is 0 Å². The molecule has 0 aliphatic heterocycles. The van der Waals surface area contributed by atoms with Crippen LogP contribution in [0.5, 0.6) is 0 Å². The van der Waals surface area contributed by atoms with E-state index >= 15 is 0 Å². The standard InChI is InChI=1S/C37H58N6O11/c1-10-23(6)31(41-36(51)32(22(4)5)42(7)28(44)17-16-24-14-12-11-13-15-24)35(50)39-25(19-29(45)43(8)54-9)33(48)38-26(20-30(46)47)34(49)40-27(37(52)53)18-21(2)3/h11-15,21-23,25-27,31-32H,10,16-20H2,1-9H3,(H,38,48)(H,39,50)(H,40,49)(H,41,51)(H,46,47)(H,52,53)/t23-,25?,26-,27-,31-,32-/m0/s1. The largest absolute Gasteiger partial charge is 0.481 e. The Morgan fingerprint density at radius 3 is 1.74 bits per heavy atom. The van der Waals surface area contributed by atoms with Gasteiger partial charge in [0.25, 0.3) is 0 Å². The highest BCUT2D eigenvalue weighted by molar-refractivity contribution is 5.98. The lowest BCUT2D eigenvalue weighted by molar-refractivity contribution is -0.169. The number of likely N-dealkylation sites (N-methyl/N-ethyl adjacent to an activating group) is 1. The molecular formula is C37H58N6O11. The van der Waals surface area contributed by atoms with Gasteiger partial charge >= 0.3 is 11.9 Å². The number of rotatable bonds is 23.